The molecule has 0 saturated carbocycles. The van der Waals surface area contributed by atoms with E-state index in [1.165, 1.54) is 12.1 Å². The number of amides is 1. The number of hydrogen-bond donors (Lipinski definition) is 2. The van der Waals surface area contributed by atoms with Gasteiger partial charge in [-0.1, -0.05) is 44.2 Å². The Labute approximate surface area is 155 Å². The zero-order valence-electron chi connectivity index (χ0n) is 15.0. The number of carbonyl (C=O) groups excluding carboxylic acids is 1. The number of aryl methyl sites for hydroxylation is 2. The van der Waals surface area contributed by atoms with Crippen LogP contribution in [0.4, 0.5) is 5.69 Å². The average molecular weight is 373 g/mol. The number of carbonyl (C=O) groups is 2. The molecule has 5 nitrogen and oxygen atoms in total. The van der Waals surface area contributed by atoms with Crippen molar-refractivity contribution in [3.8, 4) is 0 Å². The molecule has 2 aromatic carbocycles. The van der Waals surface area contributed by atoms with Crippen LogP contribution in [-0.2, 0) is 34.2 Å². The molecule has 0 bridgehead atoms. The molecule has 0 aliphatic carbocycles. The third-order valence-electron chi connectivity index (χ3n) is 4.08. The first-order chi connectivity index (χ1) is 12.4. The average Bonchev–Trinajstić information content (AvgIpc) is 2.62. The molecular weight excluding hydrogens is 350 g/mol. The number of aromatic carboxylic acids is 1. The molecule has 0 heterocycles. The second-order valence-electron chi connectivity index (χ2n) is 5.94. The van der Waals surface area contributed by atoms with Gasteiger partial charge in [0.15, 0.2) is 0 Å². The van der Waals surface area contributed by atoms with E-state index >= 15 is 0 Å². The Balaban J connectivity index is 1.99. The largest absolute Gasteiger partial charge is 0.478 e. The Morgan fingerprint density at radius 2 is 1.58 bits per heavy atom. The number of benzene rings is 2. The predicted molar refractivity (Wildman–Crippen MR) is 104 cm³/mol. The van der Waals surface area contributed by atoms with E-state index in [2.05, 4.69) is 5.32 Å². The third kappa shape index (κ3) is 5.26. The van der Waals surface area contributed by atoms with E-state index < -0.39 is 16.8 Å². The van der Waals surface area contributed by atoms with Gasteiger partial charge in [0, 0.05) is 22.2 Å². The molecule has 2 aromatic rings. The van der Waals surface area contributed by atoms with Gasteiger partial charge in [0.1, 0.15) is 5.75 Å². The molecule has 0 spiro atoms. The van der Waals surface area contributed by atoms with Crippen molar-refractivity contribution in [2.45, 2.75) is 32.4 Å². The third-order valence-corrected chi connectivity index (χ3v) is 5.32. The number of nitrogens with one attached hydrogen (secondary N) is 1. The van der Waals surface area contributed by atoms with E-state index in [0.29, 0.717) is 0 Å². The molecule has 1 unspecified atom stereocenters. The van der Waals surface area contributed by atoms with Gasteiger partial charge in [-0.05, 0) is 41.7 Å². The van der Waals surface area contributed by atoms with Gasteiger partial charge in [0.05, 0.1) is 5.56 Å². The highest BCUT2D eigenvalue weighted by Crippen LogP contribution is 2.22. The van der Waals surface area contributed by atoms with Crippen molar-refractivity contribution in [3.63, 3.8) is 0 Å². The van der Waals surface area contributed by atoms with Gasteiger partial charge >= 0.3 is 5.97 Å². The van der Waals surface area contributed by atoms with Crippen molar-refractivity contribution in [2.75, 3.05) is 11.1 Å². The molecule has 0 saturated heterocycles. The van der Waals surface area contributed by atoms with Crippen LogP contribution in [0.1, 0.15) is 40.9 Å². The first-order valence-electron chi connectivity index (χ1n) is 8.52. The van der Waals surface area contributed by atoms with Crippen LogP contribution in [0.5, 0.6) is 0 Å². The van der Waals surface area contributed by atoms with E-state index in [-0.39, 0.29) is 23.0 Å². The van der Waals surface area contributed by atoms with Gasteiger partial charge in [0.25, 0.3) is 0 Å². The quantitative estimate of drug-likeness (QED) is 0.743. The Bertz CT molecular complexity index is 793. The van der Waals surface area contributed by atoms with E-state index in [0.717, 1.165) is 35.2 Å². The zero-order valence-corrected chi connectivity index (χ0v) is 15.8. The Morgan fingerprint density at radius 1 is 1.00 bits per heavy atom. The molecule has 2 N–H and O–H groups in total. The number of para-hydroxylation sites is 1. The maximum absolute atomic E-state index is 12.3. The molecule has 138 valence electrons. The van der Waals surface area contributed by atoms with Crippen LogP contribution >= 0.6 is 0 Å². The van der Waals surface area contributed by atoms with Crippen LogP contribution in [0.25, 0.3) is 0 Å². The summed E-state index contributed by atoms with van der Waals surface area (Å²) in [5.74, 6) is -1.16. The van der Waals surface area contributed by atoms with Gasteiger partial charge in [-0.25, -0.2) is 4.79 Å². The van der Waals surface area contributed by atoms with Crippen molar-refractivity contribution >= 4 is 28.4 Å². The van der Waals surface area contributed by atoms with Gasteiger partial charge in [0.2, 0.25) is 5.91 Å². The van der Waals surface area contributed by atoms with Crippen LogP contribution < -0.4 is 5.32 Å². The summed E-state index contributed by atoms with van der Waals surface area (Å²) in [5, 5.41) is 11.8. The summed E-state index contributed by atoms with van der Waals surface area (Å²) in [6, 6.07) is 12.1. The monoisotopic (exact) mass is 373 g/mol. The first kappa shape index (κ1) is 19.8. The summed E-state index contributed by atoms with van der Waals surface area (Å²) >= 11 is 0. The second kappa shape index (κ2) is 9.29. The van der Waals surface area contributed by atoms with E-state index in [9.17, 15) is 13.8 Å². The lowest BCUT2D eigenvalue weighted by Gasteiger charge is -2.14. The topological polar surface area (TPSA) is 83.5 Å². The number of hydrogen-bond acceptors (Lipinski definition) is 3. The smallest absolute Gasteiger partial charge is 0.335 e. The van der Waals surface area contributed by atoms with Crippen molar-refractivity contribution in [3.05, 3.63) is 64.7 Å². The zero-order chi connectivity index (χ0) is 19.1. The minimum Gasteiger partial charge on any atom is -0.478 e. The molecule has 1 amide bonds. The fourth-order valence-electron chi connectivity index (χ4n) is 2.71. The van der Waals surface area contributed by atoms with Gasteiger partial charge in [-0.3, -0.25) is 9.00 Å². The molecule has 1 atom stereocenters. The lowest BCUT2D eigenvalue weighted by Crippen LogP contribution is -2.21. The van der Waals surface area contributed by atoms with Crippen LogP contribution in [0.3, 0.4) is 0 Å². The summed E-state index contributed by atoms with van der Waals surface area (Å²) in [5.41, 5.74) is 3.87. The van der Waals surface area contributed by atoms with Gasteiger partial charge in [-0.15, -0.1) is 0 Å². The standard InChI is InChI=1S/C20H23NO4S/c1-3-15-6-5-7-16(4-2)19(15)21-18(22)13-26(25)12-14-8-10-17(11-9-14)20(23)24/h5-11H,3-4,12-13H2,1-2H3,(H,21,22)(H,23,24). The summed E-state index contributed by atoms with van der Waals surface area (Å²) in [6.45, 7) is 4.06. The highest BCUT2D eigenvalue weighted by Gasteiger charge is 2.13. The molecule has 0 aliphatic rings. The summed E-state index contributed by atoms with van der Waals surface area (Å²) < 4.78 is 12.3. The summed E-state index contributed by atoms with van der Waals surface area (Å²) in [6.07, 6.45) is 1.62. The summed E-state index contributed by atoms with van der Waals surface area (Å²) in [4.78, 5) is 23.2. The van der Waals surface area contributed by atoms with Crippen molar-refractivity contribution < 1.29 is 18.9 Å². The van der Waals surface area contributed by atoms with E-state index in [1.807, 2.05) is 32.0 Å². The number of rotatable bonds is 8. The number of anilines is 1. The van der Waals surface area contributed by atoms with Crippen LogP contribution in [0, 0.1) is 0 Å². The number of carboxylic acids is 1. The lowest BCUT2D eigenvalue weighted by molar-refractivity contribution is -0.113. The molecule has 6 heteroatoms. The maximum Gasteiger partial charge on any atom is 0.335 e. The van der Waals surface area contributed by atoms with Crippen molar-refractivity contribution in [1.82, 2.24) is 0 Å². The highest BCUT2D eigenvalue weighted by molar-refractivity contribution is 7.84. The fraction of sp³-hybridized carbons (Fsp3) is 0.300. The first-order valence-corrected chi connectivity index (χ1v) is 10.0. The molecular formula is C20H23NO4S. The molecule has 0 aliphatic heterocycles. The molecule has 0 aromatic heterocycles. The van der Waals surface area contributed by atoms with E-state index in [4.69, 9.17) is 5.11 Å². The van der Waals surface area contributed by atoms with Crippen molar-refractivity contribution in [1.29, 1.82) is 0 Å². The van der Waals surface area contributed by atoms with Crippen LogP contribution in [0.2, 0.25) is 0 Å². The minimum atomic E-state index is -1.37. The van der Waals surface area contributed by atoms with Crippen LogP contribution in [0.15, 0.2) is 42.5 Å². The Hall–Kier alpha value is -2.47. The SMILES string of the molecule is CCc1cccc(CC)c1NC(=O)CS(=O)Cc1ccc(C(=O)O)cc1. The maximum atomic E-state index is 12.3. The van der Waals surface area contributed by atoms with E-state index in [1.54, 1.807) is 12.1 Å². The molecule has 26 heavy (non-hydrogen) atoms. The lowest BCUT2D eigenvalue weighted by atomic mass is 10.0. The molecule has 0 radical (unpaired) electrons. The van der Waals surface area contributed by atoms with Gasteiger partial charge in [-0.2, -0.15) is 0 Å². The Kier molecular flexibility index (Phi) is 7.09. The second-order valence-corrected chi connectivity index (χ2v) is 7.39. The minimum absolute atomic E-state index is 0.0954. The molecule has 0 fully saturated rings. The highest BCUT2D eigenvalue weighted by atomic mass is 32.2. The molecule has 2 rings (SSSR count). The number of carboxylic acid groups (broad SMARTS) is 1. The fourth-order valence-corrected chi connectivity index (χ4v) is 3.74. The Morgan fingerprint density at radius 3 is 2.08 bits per heavy atom. The predicted octanol–water partition coefficient (Wildman–Crippen LogP) is 3.40. The normalized spacial score (nSPS) is 11.8. The van der Waals surface area contributed by atoms with Crippen LogP contribution in [-0.4, -0.2) is 26.9 Å². The van der Waals surface area contributed by atoms with Crippen molar-refractivity contribution in [2.24, 2.45) is 0 Å². The summed E-state index contributed by atoms with van der Waals surface area (Å²) in [7, 11) is -1.37. The van der Waals surface area contributed by atoms with Gasteiger partial charge < -0.3 is 10.4 Å².